The largest absolute Gasteiger partial charge is 0.396 e. The molecule has 1 heterocycles. The Morgan fingerprint density at radius 3 is 2.37 bits per heavy atom. The van der Waals surface area contributed by atoms with E-state index in [1.165, 1.54) is 11.3 Å². The van der Waals surface area contributed by atoms with Crippen LogP contribution in [-0.2, 0) is 9.59 Å². The number of amides is 2. The van der Waals surface area contributed by atoms with E-state index in [4.69, 9.17) is 5.11 Å². The Bertz CT molecular complexity index is 334. The van der Waals surface area contributed by atoms with E-state index in [2.05, 4.69) is 0 Å². The van der Waals surface area contributed by atoms with Crippen LogP contribution in [0.25, 0.3) is 0 Å². The molecule has 0 aromatic rings. The second kappa shape index (κ2) is 6.51. The summed E-state index contributed by atoms with van der Waals surface area (Å²) in [5, 5.41) is 8.71. The summed E-state index contributed by atoms with van der Waals surface area (Å²) in [6, 6.07) is 0. The number of rotatable bonds is 6. The highest BCUT2D eigenvalue weighted by molar-refractivity contribution is 6.05. The molecule has 1 aliphatic heterocycles. The summed E-state index contributed by atoms with van der Waals surface area (Å²) in [6.45, 7) is 0.801. The summed E-state index contributed by atoms with van der Waals surface area (Å²) in [6.07, 6.45) is 9.25. The van der Waals surface area contributed by atoms with Crippen LogP contribution in [0.2, 0.25) is 0 Å². The lowest BCUT2D eigenvalue weighted by molar-refractivity contribution is -0.142. The first-order valence-corrected chi connectivity index (χ1v) is 7.65. The Hall–Kier alpha value is -0.900. The number of hydrogen-bond acceptors (Lipinski definition) is 3. The maximum atomic E-state index is 12.5. The van der Waals surface area contributed by atoms with Gasteiger partial charge in [-0.15, -0.1) is 0 Å². The zero-order chi connectivity index (χ0) is 13.7. The van der Waals surface area contributed by atoms with Crippen molar-refractivity contribution in [1.82, 2.24) is 4.90 Å². The van der Waals surface area contributed by atoms with Crippen molar-refractivity contribution in [2.24, 2.45) is 5.41 Å². The third-order valence-electron chi connectivity index (χ3n) is 4.59. The molecule has 108 valence electrons. The minimum absolute atomic E-state index is 0.0362. The molecule has 1 saturated carbocycles. The predicted octanol–water partition coefficient (Wildman–Crippen LogP) is 2.25. The van der Waals surface area contributed by atoms with Gasteiger partial charge >= 0.3 is 0 Å². The van der Waals surface area contributed by atoms with Gasteiger partial charge in [-0.05, 0) is 25.7 Å². The highest BCUT2D eigenvalue weighted by Gasteiger charge is 2.50. The normalized spacial score (nSPS) is 22.5. The van der Waals surface area contributed by atoms with Gasteiger partial charge in [0.15, 0.2) is 0 Å². The lowest BCUT2D eigenvalue weighted by Crippen LogP contribution is -2.37. The minimum Gasteiger partial charge on any atom is -0.396 e. The molecule has 0 atom stereocenters. The van der Waals surface area contributed by atoms with Gasteiger partial charge in [0.1, 0.15) is 0 Å². The fourth-order valence-electron chi connectivity index (χ4n) is 3.44. The maximum Gasteiger partial charge on any atom is 0.235 e. The Kier molecular flexibility index (Phi) is 4.97. The van der Waals surface area contributed by atoms with Gasteiger partial charge < -0.3 is 5.11 Å². The summed E-state index contributed by atoms with van der Waals surface area (Å²) in [4.78, 5) is 26.0. The van der Waals surface area contributed by atoms with Crippen molar-refractivity contribution in [1.29, 1.82) is 0 Å². The Morgan fingerprint density at radius 1 is 1.00 bits per heavy atom. The molecule has 2 aliphatic rings. The predicted molar refractivity (Wildman–Crippen MR) is 72.4 cm³/mol. The first kappa shape index (κ1) is 14.5. The number of aliphatic hydroxyl groups is 1. The van der Waals surface area contributed by atoms with Gasteiger partial charge in [-0.3, -0.25) is 14.5 Å². The zero-order valence-corrected chi connectivity index (χ0v) is 11.7. The summed E-state index contributed by atoms with van der Waals surface area (Å²) < 4.78 is 0. The molecule has 2 fully saturated rings. The van der Waals surface area contributed by atoms with Crippen LogP contribution in [0.15, 0.2) is 0 Å². The summed E-state index contributed by atoms with van der Waals surface area (Å²) in [7, 11) is 0. The highest BCUT2D eigenvalue weighted by atomic mass is 16.3. The molecule has 4 nitrogen and oxygen atoms in total. The first-order valence-electron chi connectivity index (χ1n) is 7.65. The van der Waals surface area contributed by atoms with E-state index in [0.29, 0.717) is 13.0 Å². The molecule has 1 saturated heterocycles. The van der Waals surface area contributed by atoms with Crippen LogP contribution in [-0.4, -0.2) is 35.0 Å². The van der Waals surface area contributed by atoms with E-state index in [1.807, 2.05) is 0 Å². The molecule has 1 aliphatic carbocycles. The number of aliphatic hydroxyl groups excluding tert-OH is 1. The van der Waals surface area contributed by atoms with Crippen molar-refractivity contribution in [3.05, 3.63) is 0 Å². The standard InChI is InChI=1S/C15H25NO3/c17-11-7-2-1-6-10-16-13(18)12-15(14(16)19)8-4-3-5-9-15/h17H,1-12H2. The molecule has 2 amide bonds. The van der Waals surface area contributed by atoms with Gasteiger partial charge in [0, 0.05) is 19.6 Å². The Labute approximate surface area is 115 Å². The molecular weight excluding hydrogens is 242 g/mol. The van der Waals surface area contributed by atoms with E-state index >= 15 is 0 Å². The van der Waals surface area contributed by atoms with Crippen LogP contribution in [0.4, 0.5) is 0 Å². The Balaban J connectivity index is 1.84. The minimum atomic E-state index is -0.333. The number of unbranched alkanes of at least 4 members (excludes halogenated alkanes) is 3. The molecule has 0 bridgehead atoms. The van der Waals surface area contributed by atoms with E-state index in [0.717, 1.165) is 51.4 Å². The molecule has 0 aromatic heterocycles. The van der Waals surface area contributed by atoms with Gasteiger partial charge in [-0.1, -0.05) is 32.1 Å². The quantitative estimate of drug-likeness (QED) is 0.593. The van der Waals surface area contributed by atoms with Crippen molar-refractivity contribution < 1.29 is 14.7 Å². The highest BCUT2D eigenvalue weighted by Crippen LogP contribution is 2.45. The van der Waals surface area contributed by atoms with Crippen LogP contribution in [0.5, 0.6) is 0 Å². The summed E-state index contributed by atoms with van der Waals surface area (Å²) in [5.41, 5.74) is -0.333. The van der Waals surface area contributed by atoms with Crippen molar-refractivity contribution in [3.63, 3.8) is 0 Å². The third-order valence-corrected chi connectivity index (χ3v) is 4.59. The molecule has 0 unspecified atom stereocenters. The molecule has 1 N–H and O–H groups in total. The second-order valence-corrected chi connectivity index (χ2v) is 6.01. The van der Waals surface area contributed by atoms with E-state index in [1.54, 1.807) is 0 Å². The van der Waals surface area contributed by atoms with Crippen LogP contribution in [0.1, 0.15) is 64.2 Å². The van der Waals surface area contributed by atoms with Gasteiger partial charge in [0.25, 0.3) is 0 Å². The zero-order valence-electron chi connectivity index (χ0n) is 11.7. The molecule has 4 heteroatoms. The lowest BCUT2D eigenvalue weighted by Gasteiger charge is -2.30. The van der Waals surface area contributed by atoms with E-state index < -0.39 is 0 Å². The van der Waals surface area contributed by atoms with Crippen molar-refractivity contribution in [2.75, 3.05) is 13.2 Å². The van der Waals surface area contributed by atoms with E-state index in [-0.39, 0.29) is 23.8 Å². The molecule has 2 rings (SSSR count). The number of nitrogens with zero attached hydrogens (tertiary/aromatic N) is 1. The molecule has 0 aromatic carbocycles. The fourth-order valence-corrected chi connectivity index (χ4v) is 3.44. The lowest BCUT2D eigenvalue weighted by atomic mass is 9.73. The number of carbonyl (C=O) groups is 2. The summed E-state index contributed by atoms with van der Waals surface area (Å²) >= 11 is 0. The van der Waals surface area contributed by atoms with Gasteiger partial charge in [0.05, 0.1) is 5.41 Å². The molecule has 0 radical (unpaired) electrons. The topological polar surface area (TPSA) is 57.6 Å². The first-order chi connectivity index (χ1) is 9.19. The van der Waals surface area contributed by atoms with Crippen molar-refractivity contribution in [3.8, 4) is 0 Å². The SMILES string of the molecule is O=C1CC2(CCCCC2)C(=O)N1CCCCCCO. The average molecular weight is 267 g/mol. The number of imide groups is 1. The van der Waals surface area contributed by atoms with Crippen molar-refractivity contribution in [2.45, 2.75) is 64.2 Å². The van der Waals surface area contributed by atoms with Crippen LogP contribution < -0.4 is 0 Å². The molecule has 1 spiro atoms. The van der Waals surface area contributed by atoms with E-state index in [9.17, 15) is 9.59 Å². The maximum absolute atomic E-state index is 12.5. The second-order valence-electron chi connectivity index (χ2n) is 6.01. The number of hydrogen-bond donors (Lipinski definition) is 1. The van der Waals surface area contributed by atoms with Gasteiger partial charge in [-0.2, -0.15) is 0 Å². The monoisotopic (exact) mass is 267 g/mol. The number of carbonyl (C=O) groups excluding carboxylic acids is 2. The van der Waals surface area contributed by atoms with Crippen LogP contribution in [0.3, 0.4) is 0 Å². The smallest absolute Gasteiger partial charge is 0.235 e. The van der Waals surface area contributed by atoms with Gasteiger partial charge in [-0.25, -0.2) is 0 Å². The Morgan fingerprint density at radius 2 is 1.68 bits per heavy atom. The fraction of sp³-hybridized carbons (Fsp3) is 0.867. The van der Waals surface area contributed by atoms with Gasteiger partial charge in [0.2, 0.25) is 11.8 Å². The molecule has 19 heavy (non-hydrogen) atoms. The number of likely N-dealkylation sites (tertiary alicyclic amines) is 1. The summed E-state index contributed by atoms with van der Waals surface area (Å²) in [5.74, 6) is 0.133. The molecular formula is C15H25NO3. The average Bonchev–Trinajstić information content (AvgIpc) is 2.63. The van der Waals surface area contributed by atoms with Crippen LogP contribution >= 0.6 is 0 Å². The van der Waals surface area contributed by atoms with Crippen molar-refractivity contribution >= 4 is 11.8 Å². The van der Waals surface area contributed by atoms with Crippen LogP contribution in [0, 0.1) is 5.41 Å². The third kappa shape index (κ3) is 3.16.